The van der Waals surface area contributed by atoms with Crippen LogP contribution in [0.3, 0.4) is 0 Å². The van der Waals surface area contributed by atoms with E-state index in [0.29, 0.717) is 30.7 Å². The molecule has 1 atom stereocenters. The van der Waals surface area contributed by atoms with E-state index in [1.165, 1.54) is 23.9 Å². The van der Waals surface area contributed by atoms with Crippen molar-refractivity contribution in [1.82, 2.24) is 25.1 Å². The predicted octanol–water partition coefficient (Wildman–Crippen LogP) is 2.92. The number of carbonyl (C=O) groups excluding carboxylic acids is 1. The van der Waals surface area contributed by atoms with Crippen LogP contribution in [-0.4, -0.2) is 44.6 Å². The van der Waals surface area contributed by atoms with Crippen LogP contribution in [0.5, 0.6) is 0 Å². The molecule has 9 heteroatoms. The number of ether oxygens (including phenoxy) is 1. The first-order valence-electron chi connectivity index (χ1n) is 9.10. The summed E-state index contributed by atoms with van der Waals surface area (Å²) in [7, 11) is 1.63. The number of halogens is 1. The summed E-state index contributed by atoms with van der Waals surface area (Å²) < 4.78 is 20.1. The van der Waals surface area contributed by atoms with E-state index in [2.05, 4.69) is 20.5 Å². The van der Waals surface area contributed by atoms with Gasteiger partial charge in [0.1, 0.15) is 5.82 Å². The van der Waals surface area contributed by atoms with Crippen LogP contribution in [0.4, 0.5) is 4.39 Å². The summed E-state index contributed by atoms with van der Waals surface area (Å²) in [5.74, 6) is 0.265. The van der Waals surface area contributed by atoms with Crippen molar-refractivity contribution >= 4 is 17.7 Å². The monoisotopic (exact) mass is 415 g/mol. The second-order valence-corrected chi connectivity index (χ2v) is 7.60. The van der Waals surface area contributed by atoms with Crippen molar-refractivity contribution in [2.24, 2.45) is 0 Å². The van der Waals surface area contributed by atoms with E-state index in [1.807, 2.05) is 23.6 Å². The molecule has 0 saturated heterocycles. The number of nitrogens with zero attached hydrogens (tertiary/aromatic N) is 4. The number of methoxy groups -OCH3 is 1. The number of benzene rings is 1. The standard InChI is InChI=1S/C20H22FN5O2S/c1-14(19(27)23-13-15-3-5-17(21)6-4-15)29-20-25-24-18(26(20)11-12-28-2)16-7-9-22-10-8-16/h3-10,14H,11-13H2,1-2H3,(H,23,27). The van der Waals surface area contributed by atoms with Crippen molar-refractivity contribution in [2.75, 3.05) is 13.7 Å². The lowest BCUT2D eigenvalue weighted by molar-refractivity contribution is -0.120. The fourth-order valence-electron chi connectivity index (χ4n) is 2.62. The van der Waals surface area contributed by atoms with E-state index in [-0.39, 0.29) is 17.0 Å². The minimum atomic E-state index is -0.383. The lowest BCUT2D eigenvalue weighted by atomic mass is 10.2. The van der Waals surface area contributed by atoms with Gasteiger partial charge in [0.05, 0.1) is 18.4 Å². The van der Waals surface area contributed by atoms with Gasteiger partial charge in [-0.15, -0.1) is 10.2 Å². The van der Waals surface area contributed by atoms with Crippen molar-refractivity contribution in [2.45, 2.75) is 30.4 Å². The molecule has 1 aromatic carbocycles. The summed E-state index contributed by atoms with van der Waals surface area (Å²) in [6.45, 7) is 3.21. The predicted molar refractivity (Wildman–Crippen MR) is 109 cm³/mol. The Morgan fingerprint density at radius 2 is 1.93 bits per heavy atom. The van der Waals surface area contributed by atoms with Crippen LogP contribution < -0.4 is 5.32 Å². The molecule has 0 radical (unpaired) electrons. The quantitative estimate of drug-likeness (QED) is 0.541. The maximum Gasteiger partial charge on any atom is 0.233 e. The van der Waals surface area contributed by atoms with Gasteiger partial charge in [-0.05, 0) is 36.8 Å². The topological polar surface area (TPSA) is 81.9 Å². The molecule has 7 nitrogen and oxygen atoms in total. The Morgan fingerprint density at radius 1 is 1.21 bits per heavy atom. The molecular weight excluding hydrogens is 393 g/mol. The van der Waals surface area contributed by atoms with Gasteiger partial charge >= 0.3 is 0 Å². The highest BCUT2D eigenvalue weighted by atomic mass is 32.2. The fraction of sp³-hybridized carbons (Fsp3) is 0.300. The van der Waals surface area contributed by atoms with E-state index in [9.17, 15) is 9.18 Å². The smallest absolute Gasteiger partial charge is 0.233 e. The highest BCUT2D eigenvalue weighted by Crippen LogP contribution is 2.26. The minimum absolute atomic E-state index is 0.133. The summed E-state index contributed by atoms with van der Waals surface area (Å²) in [5.41, 5.74) is 1.73. The first kappa shape index (κ1) is 20.9. The van der Waals surface area contributed by atoms with Gasteiger partial charge in [0.15, 0.2) is 11.0 Å². The molecule has 0 spiro atoms. The first-order chi connectivity index (χ1) is 14.1. The first-order valence-corrected chi connectivity index (χ1v) is 9.98. The zero-order valence-electron chi connectivity index (χ0n) is 16.2. The van der Waals surface area contributed by atoms with Gasteiger partial charge in [0.2, 0.25) is 5.91 Å². The molecule has 2 heterocycles. The Kier molecular flexibility index (Phi) is 7.31. The molecule has 0 fully saturated rings. The molecule has 1 amide bonds. The van der Waals surface area contributed by atoms with Crippen molar-refractivity contribution in [3.8, 4) is 11.4 Å². The Balaban J connectivity index is 1.68. The average Bonchev–Trinajstić information content (AvgIpc) is 3.14. The number of nitrogens with one attached hydrogen (secondary N) is 1. The molecule has 1 N–H and O–H groups in total. The van der Waals surface area contributed by atoms with Crippen LogP contribution >= 0.6 is 11.8 Å². The maximum absolute atomic E-state index is 13.0. The molecule has 0 saturated carbocycles. The molecule has 29 heavy (non-hydrogen) atoms. The Labute approximate surface area is 172 Å². The largest absolute Gasteiger partial charge is 0.383 e. The Hall–Kier alpha value is -2.78. The van der Waals surface area contributed by atoms with Gasteiger partial charge in [-0.2, -0.15) is 0 Å². The van der Waals surface area contributed by atoms with Gasteiger partial charge in [-0.25, -0.2) is 4.39 Å². The molecule has 3 rings (SSSR count). The number of thioether (sulfide) groups is 1. The highest BCUT2D eigenvalue weighted by Gasteiger charge is 2.20. The van der Waals surface area contributed by atoms with Crippen LogP contribution in [0.15, 0.2) is 53.9 Å². The molecule has 2 aromatic heterocycles. The molecule has 0 aliphatic rings. The third-order valence-electron chi connectivity index (χ3n) is 4.21. The molecule has 152 valence electrons. The number of carbonyl (C=O) groups is 1. The van der Waals surface area contributed by atoms with E-state index < -0.39 is 0 Å². The molecule has 3 aromatic rings. The number of pyridine rings is 1. The zero-order chi connectivity index (χ0) is 20.6. The summed E-state index contributed by atoms with van der Waals surface area (Å²) in [5, 5.41) is 11.7. The number of aromatic nitrogens is 4. The zero-order valence-corrected chi connectivity index (χ0v) is 17.0. The molecular formula is C20H22FN5O2S. The highest BCUT2D eigenvalue weighted by molar-refractivity contribution is 8.00. The lowest BCUT2D eigenvalue weighted by Crippen LogP contribution is -2.30. The van der Waals surface area contributed by atoms with Gasteiger partial charge < -0.3 is 10.1 Å². The van der Waals surface area contributed by atoms with Gasteiger partial charge in [0.25, 0.3) is 0 Å². The third kappa shape index (κ3) is 5.61. The minimum Gasteiger partial charge on any atom is -0.383 e. The van der Waals surface area contributed by atoms with Crippen molar-refractivity contribution in [3.05, 3.63) is 60.2 Å². The van der Waals surface area contributed by atoms with Crippen LogP contribution in [0.1, 0.15) is 12.5 Å². The van der Waals surface area contributed by atoms with Crippen molar-refractivity contribution < 1.29 is 13.9 Å². The van der Waals surface area contributed by atoms with Crippen molar-refractivity contribution in [1.29, 1.82) is 0 Å². The number of amides is 1. The molecule has 0 aliphatic carbocycles. The van der Waals surface area contributed by atoms with Gasteiger partial charge in [0, 0.05) is 31.6 Å². The summed E-state index contributed by atoms with van der Waals surface area (Å²) >= 11 is 1.33. The fourth-order valence-corrected chi connectivity index (χ4v) is 3.52. The van der Waals surface area contributed by atoms with E-state index in [1.54, 1.807) is 31.6 Å². The van der Waals surface area contributed by atoms with E-state index in [0.717, 1.165) is 11.1 Å². The van der Waals surface area contributed by atoms with Crippen LogP contribution in [0.2, 0.25) is 0 Å². The van der Waals surface area contributed by atoms with Crippen molar-refractivity contribution in [3.63, 3.8) is 0 Å². The second-order valence-electron chi connectivity index (χ2n) is 6.29. The van der Waals surface area contributed by atoms with E-state index >= 15 is 0 Å². The number of hydrogen-bond acceptors (Lipinski definition) is 6. The normalized spacial score (nSPS) is 12.0. The molecule has 1 unspecified atom stereocenters. The average molecular weight is 415 g/mol. The molecule has 0 aliphatic heterocycles. The summed E-state index contributed by atoms with van der Waals surface area (Å²) in [6, 6.07) is 9.77. The second kappa shape index (κ2) is 10.1. The number of hydrogen-bond donors (Lipinski definition) is 1. The Morgan fingerprint density at radius 3 is 2.62 bits per heavy atom. The lowest BCUT2D eigenvalue weighted by Gasteiger charge is -2.13. The third-order valence-corrected chi connectivity index (χ3v) is 5.29. The van der Waals surface area contributed by atoms with E-state index in [4.69, 9.17) is 4.74 Å². The molecule has 0 bridgehead atoms. The Bertz CT molecular complexity index is 934. The maximum atomic E-state index is 13.0. The SMILES string of the molecule is COCCn1c(SC(C)C(=O)NCc2ccc(F)cc2)nnc1-c1ccncc1. The van der Waals surface area contributed by atoms with Crippen LogP contribution in [0.25, 0.3) is 11.4 Å². The number of rotatable bonds is 9. The van der Waals surface area contributed by atoms with Gasteiger partial charge in [-0.3, -0.25) is 14.3 Å². The van der Waals surface area contributed by atoms with Crippen LogP contribution in [-0.2, 0) is 22.6 Å². The summed E-state index contributed by atoms with van der Waals surface area (Å²) in [6.07, 6.45) is 3.39. The van der Waals surface area contributed by atoms with Crippen LogP contribution in [0, 0.1) is 5.82 Å². The van der Waals surface area contributed by atoms with Gasteiger partial charge in [-0.1, -0.05) is 23.9 Å². The summed E-state index contributed by atoms with van der Waals surface area (Å²) in [4.78, 5) is 16.5.